The quantitative estimate of drug-likeness (QED) is 0.594. The first-order chi connectivity index (χ1) is 6.36. The average Bonchev–Trinajstić information content (AvgIpc) is 2.19. The maximum atomic E-state index is 4.21. The molecule has 0 aliphatic heterocycles. The second-order valence-electron chi connectivity index (χ2n) is 3.70. The molecule has 1 unspecified atom stereocenters. The van der Waals surface area contributed by atoms with Crippen molar-refractivity contribution in [2.24, 2.45) is 0 Å². The number of aryl methyl sites for hydroxylation is 1. The van der Waals surface area contributed by atoms with Crippen molar-refractivity contribution in [1.82, 2.24) is 4.98 Å². The SMILES string of the molecule is Cc1cc(C2C=CCCC2)ccn1. The van der Waals surface area contributed by atoms with E-state index in [0.29, 0.717) is 5.92 Å². The van der Waals surface area contributed by atoms with Crippen molar-refractivity contribution in [3.63, 3.8) is 0 Å². The molecule has 1 aromatic rings. The number of rotatable bonds is 1. The molecule has 68 valence electrons. The summed E-state index contributed by atoms with van der Waals surface area (Å²) >= 11 is 0. The minimum atomic E-state index is 0.635. The molecular weight excluding hydrogens is 158 g/mol. The van der Waals surface area contributed by atoms with Gasteiger partial charge in [-0.05, 0) is 43.9 Å². The third-order valence-electron chi connectivity index (χ3n) is 2.60. The highest BCUT2D eigenvalue weighted by Crippen LogP contribution is 2.27. The molecular formula is C12H15N. The van der Waals surface area contributed by atoms with Gasteiger partial charge in [0.1, 0.15) is 0 Å². The van der Waals surface area contributed by atoms with Gasteiger partial charge in [0, 0.05) is 17.8 Å². The third kappa shape index (κ3) is 1.97. The van der Waals surface area contributed by atoms with Crippen molar-refractivity contribution in [2.45, 2.75) is 32.1 Å². The van der Waals surface area contributed by atoms with Gasteiger partial charge in [0.25, 0.3) is 0 Å². The van der Waals surface area contributed by atoms with E-state index in [4.69, 9.17) is 0 Å². The molecule has 1 nitrogen and oxygen atoms in total. The van der Waals surface area contributed by atoms with Gasteiger partial charge in [-0.25, -0.2) is 0 Å². The Hall–Kier alpha value is -1.11. The largest absolute Gasteiger partial charge is 0.262 e. The predicted molar refractivity (Wildman–Crippen MR) is 54.7 cm³/mol. The Kier molecular flexibility index (Phi) is 2.44. The maximum absolute atomic E-state index is 4.21. The standard InChI is InChI=1S/C12H15N/c1-10-9-12(7-8-13-10)11-5-3-2-4-6-11/h3,5,7-9,11H,2,4,6H2,1H3. The fraction of sp³-hybridized carbons (Fsp3) is 0.417. The van der Waals surface area contributed by atoms with E-state index < -0.39 is 0 Å². The average molecular weight is 173 g/mol. The molecule has 0 radical (unpaired) electrons. The number of hydrogen-bond donors (Lipinski definition) is 0. The van der Waals surface area contributed by atoms with Crippen molar-refractivity contribution in [3.05, 3.63) is 41.7 Å². The molecule has 0 amide bonds. The van der Waals surface area contributed by atoms with E-state index in [1.165, 1.54) is 24.8 Å². The highest BCUT2D eigenvalue weighted by molar-refractivity contribution is 5.25. The molecule has 2 rings (SSSR count). The van der Waals surface area contributed by atoms with E-state index in [-0.39, 0.29) is 0 Å². The minimum Gasteiger partial charge on any atom is -0.262 e. The summed E-state index contributed by atoms with van der Waals surface area (Å²) in [5.74, 6) is 0.635. The van der Waals surface area contributed by atoms with Crippen LogP contribution in [0.25, 0.3) is 0 Å². The summed E-state index contributed by atoms with van der Waals surface area (Å²) < 4.78 is 0. The fourth-order valence-corrected chi connectivity index (χ4v) is 1.89. The zero-order valence-electron chi connectivity index (χ0n) is 8.03. The van der Waals surface area contributed by atoms with Crippen LogP contribution >= 0.6 is 0 Å². The molecule has 0 fully saturated rings. The summed E-state index contributed by atoms with van der Waals surface area (Å²) in [5.41, 5.74) is 2.54. The summed E-state index contributed by atoms with van der Waals surface area (Å²) in [7, 11) is 0. The Morgan fingerprint density at radius 2 is 2.38 bits per heavy atom. The summed E-state index contributed by atoms with van der Waals surface area (Å²) in [4.78, 5) is 4.21. The van der Waals surface area contributed by atoms with Crippen LogP contribution in [0.5, 0.6) is 0 Å². The molecule has 13 heavy (non-hydrogen) atoms. The Bertz CT molecular complexity index is 315. The molecule has 0 spiro atoms. The molecule has 0 aromatic carbocycles. The van der Waals surface area contributed by atoms with E-state index in [2.05, 4.69) is 36.2 Å². The van der Waals surface area contributed by atoms with Crippen LogP contribution in [0.4, 0.5) is 0 Å². The zero-order chi connectivity index (χ0) is 9.10. The van der Waals surface area contributed by atoms with Crippen molar-refractivity contribution in [3.8, 4) is 0 Å². The first-order valence-corrected chi connectivity index (χ1v) is 4.95. The summed E-state index contributed by atoms with van der Waals surface area (Å²) in [5, 5.41) is 0. The van der Waals surface area contributed by atoms with Gasteiger partial charge in [0.15, 0.2) is 0 Å². The minimum absolute atomic E-state index is 0.635. The molecule has 0 bridgehead atoms. The van der Waals surface area contributed by atoms with Crippen LogP contribution < -0.4 is 0 Å². The van der Waals surface area contributed by atoms with Crippen molar-refractivity contribution in [1.29, 1.82) is 0 Å². The van der Waals surface area contributed by atoms with Crippen molar-refractivity contribution >= 4 is 0 Å². The van der Waals surface area contributed by atoms with Crippen LogP contribution in [0.2, 0.25) is 0 Å². The second-order valence-corrected chi connectivity index (χ2v) is 3.70. The first kappa shape index (κ1) is 8.49. The van der Waals surface area contributed by atoms with E-state index in [0.717, 1.165) is 5.69 Å². The fourth-order valence-electron chi connectivity index (χ4n) is 1.89. The number of nitrogens with zero attached hydrogens (tertiary/aromatic N) is 1. The highest BCUT2D eigenvalue weighted by Gasteiger charge is 2.10. The second kappa shape index (κ2) is 3.73. The maximum Gasteiger partial charge on any atom is 0.0375 e. The number of hydrogen-bond acceptors (Lipinski definition) is 1. The third-order valence-corrected chi connectivity index (χ3v) is 2.60. The molecule has 0 saturated heterocycles. The van der Waals surface area contributed by atoms with E-state index in [9.17, 15) is 0 Å². The van der Waals surface area contributed by atoms with Gasteiger partial charge in [-0.3, -0.25) is 4.98 Å². The lowest BCUT2D eigenvalue weighted by atomic mass is 9.90. The van der Waals surface area contributed by atoms with Gasteiger partial charge >= 0.3 is 0 Å². The van der Waals surface area contributed by atoms with Gasteiger partial charge in [-0.15, -0.1) is 0 Å². The monoisotopic (exact) mass is 173 g/mol. The van der Waals surface area contributed by atoms with E-state index >= 15 is 0 Å². The smallest absolute Gasteiger partial charge is 0.0375 e. The summed E-state index contributed by atoms with van der Waals surface area (Å²) in [6.07, 6.45) is 10.4. The Balaban J connectivity index is 2.24. The molecule has 1 atom stereocenters. The number of allylic oxidation sites excluding steroid dienone is 2. The lowest BCUT2D eigenvalue weighted by Crippen LogP contribution is -1.99. The topological polar surface area (TPSA) is 12.9 Å². The first-order valence-electron chi connectivity index (χ1n) is 4.95. The van der Waals surface area contributed by atoms with Crippen molar-refractivity contribution < 1.29 is 0 Å². The number of pyridine rings is 1. The molecule has 1 aromatic heterocycles. The Labute approximate surface area is 79.5 Å². The van der Waals surface area contributed by atoms with Crippen LogP contribution in [0.15, 0.2) is 30.5 Å². The van der Waals surface area contributed by atoms with Crippen molar-refractivity contribution in [2.75, 3.05) is 0 Å². The van der Waals surface area contributed by atoms with Crippen LogP contribution in [0.3, 0.4) is 0 Å². The lowest BCUT2D eigenvalue weighted by molar-refractivity contribution is 0.653. The Morgan fingerprint density at radius 3 is 3.08 bits per heavy atom. The van der Waals surface area contributed by atoms with E-state index in [1.54, 1.807) is 0 Å². The van der Waals surface area contributed by atoms with Crippen LogP contribution in [-0.4, -0.2) is 4.98 Å². The zero-order valence-corrected chi connectivity index (χ0v) is 8.03. The van der Waals surface area contributed by atoms with Gasteiger partial charge in [-0.2, -0.15) is 0 Å². The summed E-state index contributed by atoms with van der Waals surface area (Å²) in [6, 6.07) is 4.33. The van der Waals surface area contributed by atoms with Gasteiger partial charge in [0.05, 0.1) is 0 Å². The van der Waals surface area contributed by atoms with Gasteiger partial charge < -0.3 is 0 Å². The van der Waals surface area contributed by atoms with Crippen LogP contribution in [0.1, 0.15) is 36.4 Å². The number of aromatic nitrogens is 1. The highest BCUT2D eigenvalue weighted by atomic mass is 14.6. The lowest BCUT2D eigenvalue weighted by Gasteiger charge is -2.16. The van der Waals surface area contributed by atoms with E-state index in [1.807, 2.05) is 6.20 Å². The molecule has 1 aliphatic carbocycles. The predicted octanol–water partition coefficient (Wildman–Crippen LogP) is 3.21. The normalized spacial score (nSPS) is 21.8. The molecule has 0 N–H and O–H groups in total. The van der Waals surface area contributed by atoms with Gasteiger partial charge in [-0.1, -0.05) is 12.2 Å². The molecule has 1 heterocycles. The van der Waals surface area contributed by atoms with Crippen LogP contribution in [-0.2, 0) is 0 Å². The molecule has 1 aliphatic rings. The van der Waals surface area contributed by atoms with Gasteiger partial charge in [0.2, 0.25) is 0 Å². The summed E-state index contributed by atoms with van der Waals surface area (Å²) in [6.45, 7) is 2.05. The Morgan fingerprint density at radius 1 is 1.46 bits per heavy atom. The van der Waals surface area contributed by atoms with Crippen LogP contribution in [0, 0.1) is 6.92 Å². The molecule has 0 saturated carbocycles. The molecule has 1 heteroatoms.